The summed E-state index contributed by atoms with van der Waals surface area (Å²) >= 11 is 0. The van der Waals surface area contributed by atoms with Crippen molar-refractivity contribution in [3.8, 4) is 11.5 Å². The lowest BCUT2D eigenvalue weighted by Crippen LogP contribution is -2.56. The van der Waals surface area contributed by atoms with Crippen molar-refractivity contribution >= 4 is 11.6 Å². The summed E-state index contributed by atoms with van der Waals surface area (Å²) in [5.74, 6) is 1.65. The first kappa shape index (κ1) is 22.8. The summed E-state index contributed by atoms with van der Waals surface area (Å²) in [6, 6.07) is 18.5. The molecular formula is C27H33N3O3. The highest BCUT2D eigenvalue weighted by molar-refractivity contribution is 5.79. The van der Waals surface area contributed by atoms with Gasteiger partial charge in [0.15, 0.2) is 11.5 Å². The molecule has 0 bridgehead atoms. The van der Waals surface area contributed by atoms with Crippen LogP contribution in [0.5, 0.6) is 11.5 Å². The SMILES string of the molecule is COc1ccc(N2CCN(C(=O)Cc3cc[nH]c3)C(Cc3ccccc3)C2)cc1OC(C)C. The van der Waals surface area contributed by atoms with Gasteiger partial charge >= 0.3 is 0 Å². The van der Waals surface area contributed by atoms with Gasteiger partial charge in [0.25, 0.3) is 0 Å². The van der Waals surface area contributed by atoms with Gasteiger partial charge in [-0.15, -0.1) is 0 Å². The molecule has 3 aromatic rings. The van der Waals surface area contributed by atoms with Crippen molar-refractivity contribution in [2.45, 2.75) is 38.8 Å². The summed E-state index contributed by atoms with van der Waals surface area (Å²) in [7, 11) is 1.66. The van der Waals surface area contributed by atoms with E-state index in [1.165, 1.54) is 5.56 Å². The van der Waals surface area contributed by atoms with E-state index in [2.05, 4.69) is 51.2 Å². The topological polar surface area (TPSA) is 57.8 Å². The summed E-state index contributed by atoms with van der Waals surface area (Å²) in [5.41, 5.74) is 3.34. The second-order valence-electron chi connectivity index (χ2n) is 8.77. The maximum absolute atomic E-state index is 13.2. The number of carbonyl (C=O) groups is 1. The highest BCUT2D eigenvalue weighted by atomic mass is 16.5. The molecular weight excluding hydrogens is 414 g/mol. The molecule has 0 saturated carbocycles. The summed E-state index contributed by atoms with van der Waals surface area (Å²) in [6.45, 7) is 6.25. The Hall–Kier alpha value is -3.41. The zero-order chi connectivity index (χ0) is 23.2. The van der Waals surface area contributed by atoms with Gasteiger partial charge in [-0.3, -0.25) is 4.79 Å². The second-order valence-corrected chi connectivity index (χ2v) is 8.77. The average Bonchev–Trinajstić information content (AvgIpc) is 3.32. The molecule has 1 fully saturated rings. The second kappa shape index (κ2) is 10.5. The fraction of sp³-hybridized carbons (Fsp3) is 0.370. The fourth-order valence-corrected chi connectivity index (χ4v) is 4.43. The summed E-state index contributed by atoms with van der Waals surface area (Å²) in [6.07, 6.45) is 5.06. The molecule has 6 nitrogen and oxygen atoms in total. The molecule has 1 amide bonds. The van der Waals surface area contributed by atoms with Gasteiger partial charge in [0.1, 0.15) is 0 Å². The molecule has 1 aliphatic heterocycles. The number of H-pyrrole nitrogens is 1. The van der Waals surface area contributed by atoms with E-state index in [9.17, 15) is 4.79 Å². The molecule has 33 heavy (non-hydrogen) atoms. The maximum atomic E-state index is 13.2. The Labute approximate surface area is 196 Å². The Morgan fingerprint density at radius 3 is 2.58 bits per heavy atom. The third-order valence-electron chi connectivity index (χ3n) is 6.01. The molecule has 4 rings (SSSR count). The fourth-order valence-electron chi connectivity index (χ4n) is 4.43. The molecule has 6 heteroatoms. The number of nitrogens with one attached hydrogen (secondary N) is 1. The summed E-state index contributed by atoms with van der Waals surface area (Å²) in [5, 5.41) is 0. The van der Waals surface area contributed by atoms with Gasteiger partial charge in [0.2, 0.25) is 5.91 Å². The van der Waals surface area contributed by atoms with E-state index in [1.807, 2.05) is 44.4 Å². The minimum atomic E-state index is 0.0582. The number of benzene rings is 2. The zero-order valence-electron chi connectivity index (χ0n) is 19.7. The van der Waals surface area contributed by atoms with Crippen LogP contribution in [0.15, 0.2) is 67.0 Å². The van der Waals surface area contributed by atoms with E-state index in [0.717, 1.165) is 42.3 Å². The van der Waals surface area contributed by atoms with Crippen molar-refractivity contribution in [3.05, 3.63) is 78.1 Å². The predicted molar refractivity (Wildman–Crippen MR) is 131 cm³/mol. The third-order valence-corrected chi connectivity index (χ3v) is 6.01. The number of ether oxygens (including phenoxy) is 2. The molecule has 0 aliphatic carbocycles. The first-order chi connectivity index (χ1) is 16.0. The predicted octanol–water partition coefficient (Wildman–Crippen LogP) is 4.31. The number of hydrogen-bond donors (Lipinski definition) is 1. The van der Waals surface area contributed by atoms with Crippen molar-refractivity contribution in [2.24, 2.45) is 0 Å². The van der Waals surface area contributed by atoms with Gasteiger partial charge in [-0.25, -0.2) is 0 Å². The van der Waals surface area contributed by atoms with E-state index in [1.54, 1.807) is 7.11 Å². The van der Waals surface area contributed by atoms with E-state index in [4.69, 9.17) is 9.47 Å². The van der Waals surface area contributed by atoms with E-state index in [0.29, 0.717) is 13.0 Å². The van der Waals surface area contributed by atoms with Crippen molar-refractivity contribution in [1.29, 1.82) is 0 Å². The molecule has 1 N–H and O–H groups in total. The smallest absolute Gasteiger partial charge is 0.227 e. The Kier molecular flexibility index (Phi) is 7.23. The molecule has 0 radical (unpaired) electrons. The number of piperazine rings is 1. The standard InChI is InChI=1S/C27H33N3O3/c1-20(2)33-26-17-23(9-10-25(26)32-3)29-13-14-30(27(31)16-22-11-12-28-18-22)24(19-29)15-21-7-5-4-6-8-21/h4-12,17-18,20,24,28H,13-16,19H2,1-3H3. The number of anilines is 1. The molecule has 2 aromatic carbocycles. The highest BCUT2D eigenvalue weighted by Gasteiger charge is 2.31. The number of aromatic nitrogens is 1. The van der Waals surface area contributed by atoms with Gasteiger partial charge in [-0.1, -0.05) is 30.3 Å². The first-order valence-corrected chi connectivity index (χ1v) is 11.6. The van der Waals surface area contributed by atoms with Gasteiger partial charge in [0, 0.05) is 43.8 Å². The quantitative estimate of drug-likeness (QED) is 0.559. The van der Waals surface area contributed by atoms with Crippen LogP contribution in [0.25, 0.3) is 0 Å². The zero-order valence-corrected chi connectivity index (χ0v) is 19.7. The van der Waals surface area contributed by atoms with Crippen molar-refractivity contribution in [2.75, 3.05) is 31.6 Å². The van der Waals surface area contributed by atoms with Gasteiger partial charge in [-0.2, -0.15) is 0 Å². The normalized spacial score (nSPS) is 16.2. The Balaban J connectivity index is 1.56. The lowest BCUT2D eigenvalue weighted by atomic mass is 10.0. The van der Waals surface area contributed by atoms with Crippen LogP contribution in [0.2, 0.25) is 0 Å². The molecule has 2 heterocycles. The summed E-state index contributed by atoms with van der Waals surface area (Å²) < 4.78 is 11.5. The summed E-state index contributed by atoms with van der Waals surface area (Å²) in [4.78, 5) is 20.7. The Morgan fingerprint density at radius 2 is 1.88 bits per heavy atom. The van der Waals surface area contributed by atoms with Gasteiger partial charge in [0.05, 0.1) is 25.7 Å². The highest BCUT2D eigenvalue weighted by Crippen LogP contribution is 2.33. The number of aromatic amines is 1. The molecule has 1 aliphatic rings. The molecule has 1 saturated heterocycles. The van der Waals surface area contributed by atoms with Gasteiger partial charge < -0.3 is 24.3 Å². The molecule has 174 valence electrons. The minimum Gasteiger partial charge on any atom is -0.493 e. The van der Waals surface area contributed by atoms with Crippen molar-refractivity contribution < 1.29 is 14.3 Å². The Bertz CT molecular complexity index is 1030. The van der Waals surface area contributed by atoms with E-state index in [-0.39, 0.29) is 18.1 Å². The van der Waals surface area contributed by atoms with E-state index >= 15 is 0 Å². The minimum absolute atomic E-state index is 0.0582. The molecule has 1 unspecified atom stereocenters. The van der Waals surface area contributed by atoms with Crippen LogP contribution in [0, 0.1) is 0 Å². The number of rotatable bonds is 8. The van der Waals surface area contributed by atoms with E-state index < -0.39 is 0 Å². The average molecular weight is 448 g/mol. The lowest BCUT2D eigenvalue weighted by molar-refractivity contribution is -0.133. The third kappa shape index (κ3) is 5.69. The first-order valence-electron chi connectivity index (χ1n) is 11.6. The molecule has 1 atom stereocenters. The van der Waals surface area contributed by atoms with Crippen LogP contribution < -0.4 is 14.4 Å². The number of hydrogen-bond acceptors (Lipinski definition) is 4. The number of carbonyl (C=O) groups excluding carboxylic acids is 1. The molecule has 1 aromatic heterocycles. The Morgan fingerprint density at radius 1 is 1.06 bits per heavy atom. The number of nitrogens with zero attached hydrogens (tertiary/aromatic N) is 2. The van der Waals surface area contributed by atoms with Crippen molar-refractivity contribution in [3.63, 3.8) is 0 Å². The lowest BCUT2D eigenvalue weighted by Gasteiger charge is -2.43. The maximum Gasteiger partial charge on any atom is 0.227 e. The molecule has 0 spiro atoms. The van der Waals surface area contributed by atoms with Crippen LogP contribution in [-0.2, 0) is 17.6 Å². The van der Waals surface area contributed by atoms with Crippen LogP contribution in [0.1, 0.15) is 25.0 Å². The number of amides is 1. The monoisotopic (exact) mass is 447 g/mol. The van der Waals surface area contributed by atoms with Crippen LogP contribution >= 0.6 is 0 Å². The largest absolute Gasteiger partial charge is 0.493 e. The van der Waals surface area contributed by atoms with Crippen LogP contribution in [0.4, 0.5) is 5.69 Å². The number of methoxy groups -OCH3 is 1. The van der Waals surface area contributed by atoms with Crippen molar-refractivity contribution in [1.82, 2.24) is 9.88 Å². The van der Waals surface area contributed by atoms with Crippen LogP contribution in [-0.4, -0.2) is 54.7 Å². The van der Waals surface area contributed by atoms with Gasteiger partial charge in [-0.05, 0) is 49.6 Å². The van der Waals surface area contributed by atoms with Crippen LogP contribution in [0.3, 0.4) is 0 Å².